The summed E-state index contributed by atoms with van der Waals surface area (Å²) in [6.45, 7) is 1.58. The van der Waals surface area contributed by atoms with Crippen molar-refractivity contribution >= 4 is 34.8 Å². The van der Waals surface area contributed by atoms with Crippen LogP contribution >= 0.6 is 23.2 Å². The molecule has 5 heteroatoms. The minimum absolute atomic E-state index is 0.0362. The Balaban J connectivity index is 2.01. The molecule has 3 nitrogen and oxygen atoms in total. The Bertz CT molecular complexity index is 948. The molecular formula is C19H14Cl2N2O. The number of hydrogen-bond acceptors (Lipinski definition) is 1. The second-order valence-corrected chi connectivity index (χ2v) is 6.59. The van der Waals surface area contributed by atoms with E-state index in [0.29, 0.717) is 10.0 Å². The van der Waals surface area contributed by atoms with Gasteiger partial charge in [-0.3, -0.25) is 9.69 Å². The summed E-state index contributed by atoms with van der Waals surface area (Å²) >= 11 is 12.5. The Labute approximate surface area is 150 Å². The number of nitrogens with zero attached hydrogens (tertiary/aromatic N) is 2. The zero-order valence-electron chi connectivity index (χ0n) is 12.9. The van der Waals surface area contributed by atoms with Crippen LogP contribution in [0.25, 0.3) is 5.69 Å². The molecule has 0 saturated carbocycles. The van der Waals surface area contributed by atoms with Gasteiger partial charge in [-0.05, 0) is 42.0 Å². The first-order valence-corrected chi connectivity index (χ1v) is 8.35. The number of fused-ring (bicyclic) bond motifs is 3. The van der Waals surface area contributed by atoms with Crippen LogP contribution in [0.3, 0.4) is 0 Å². The maximum Gasteiger partial charge on any atom is 0.224 e. The smallest absolute Gasteiger partial charge is 0.224 e. The molecule has 0 bridgehead atoms. The van der Waals surface area contributed by atoms with Crippen LogP contribution in [0.1, 0.15) is 24.2 Å². The second-order valence-electron chi connectivity index (χ2n) is 5.75. The van der Waals surface area contributed by atoms with E-state index in [2.05, 4.69) is 4.57 Å². The van der Waals surface area contributed by atoms with E-state index in [9.17, 15) is 4.79 Å². The number of aromatic nitrogens is 1. The van der Waals surface area contributed by atoms with E-state index in [1.807, 2.05) is 48.7 Å². The monoisotopic (exact) mass is 356 g/mol. The number of halogens is 2. The van der Waals surface area contributed by atoms with Gasteiger partial charge in [0.1, 0.15) is 6.04 Å². The summed E-state index contributed by atoms with van der Waals surface area (Å²) in [6, 6.07) is 17.0. The maximum absolute atomic E-state index is 12.5. The summed E-state index contributed by atoms with van der Waals surface area (Å²) < 4.78 is 2.10. The molecule has 0 saturated heterocycles. The summed E-state index contributed by atoms with van der Waals surface area (Å²) in [7, 11) is 0. The molecule has 1 aromatic heterocycles. The van der Waals surface area contributed by atoms with Gasteiger partial charge in [-0.1, -0.05) is 41.4 Å². The average molecular weight is 357 g/mol. The first-order chi connectivity index (χ1) is 11.6. The van der Waals surface area contributed by atoms with Gasteiger partial charge in [0.25, 0.3) is 0 Å². The van der Waals surface area contributed by atoms with Crippen molar-refractivity contribution in [2.75, 3.05) is 4.90 Å². The molecule has 2 heterocycles. The van der Waals surface area contributed by atoms with Crippen LogP contribution in [0.2, 0.25) is 10.0 Å². The van der Waals surface area contributed by atoms with Gasteiger partial charge in [0.15, 0.2) is 0 Å². The number of rotatable bonds is 1. The van der Waals surface area contributed by atoms with Crippen molar-refractivity contribution in [3.8, 4) is 5.69 Å². The lowest BCUT2D eigenvalue weighted by atomic mass is 9.98. The molecule has 0 unspecified atom stereocenters. The van der Waals surface area contributed by atoms with E-state index in [1.165, 1.54) is 0 Å². The number of para-hydroxylation sites is 2. The van der Waals surface area contributed by atoms with Crippen LogP contribution < -0.4 is 4.90 Å². The number of hydrogen-bond donors (Lipinski definition) is 0. The quantitative estimate of drug-likeness (QED) is 0.585. The molecule has 4 rings (SSSR count). The van der Waals surface area contributed by atoms with Crippen LogP contribution in [0.15, 0.2) is 60.8 Å². The molecule has 3 aromatic rings. The lowest BCUT2D eigenvalue weighted by molar-refractivity contribution is -0.117. The van der Waals surface area contributed by atoms with Gasteiger partial charge in [-0.15, -0.1) is 0 Å². The predicted molar refractivity (Wildman–Crippen MR) is 97.2 cm³/mol. The number of carbonyl (C=O) groups is 1. The molecule has 1 aliphatic rings. The van der Waals surface area contributed by atoms with Crippen molar-refractivity contribution in [2.45, 2.75) is 13.0 Å². The van der Waals surface area contributed by atoms with E-state index in [4.69, 9.17) is 23.2 Å². The molecule has 1 aliphatic heterocycles. The fourth-order valence-corrected chi connectivity index (χ4v) is 3.86. The van der Waals surface area contributed by atoms with Crippen molar-refractivity contribution in [3.63, 3.8) is 0 Å². The van der Waals surface area contributed by atoms with Gasteiger partial charge in [0.2, 0.25) is 5.91 Å². The topological polar surface area (TPSA) is 25.2 Å². The number of carbonyl (C=O) groups excluding carboxylic acids is 1. The van der Waals surface area contributed by atoms with Crippen molar-refractivity contribution in [1.82, 2.24) is 4.57 Å². The lowest BCUT2D eigenvalue weighted by Crippen LogP contribution is -2.38. The van der Waals surface area contributed by atoms with Crippen molar-refractivity contribution in [1.29, 1.82) is 0 Å². The summed E-state index contributed by atoms with van der Waals surface area (Å²) in [5, 5.41) is 1.12. The van der Waals surface area contributed by atoms with Crippen LogP contribution in [-0.4, -0.2) is 10.5 Å². The third-order valence-electron chi connectivity index (χ3n) is 4.32. The maximum atomic E-state index is 12.5. The number of anilines is 1. The molecule has 24 heavy (non-hydrogen) atoms. The largest absolute Gasteiger partial charge is 0.316 e. The SMILES string of the molecule is CC(=O)N1c2ccccc2-n2cccc2[C@@H]1c1ccc(Cl)cc1Cl. The van der Waals surface area contributed by atoms with Crippen molar-refractivity contribution < 1.29 is 4.79 Å². The molecule has 0 N–H and O–H groups in total. The van der Waals surface area contributed by atoms with E-state index in [0.717, 1.165) is 22.6 Å². The van der Waals surface area contributed by atoms with Gasteiger partial charge in [-0.2, -0.15) is 0 Å². The van der Waals surface area contributed by atoms with Crippen molar-refractivity contribution in [3.05, 3.63) is 82.1 Å². The summed E-state index contributed by atoms with van der Waals surface area (Å²) in [6.07, 6.45) is 2.00. The van der Waals surface area contributed by atoms with Gasteiger partial charge in [0.05, 0.1) is 17.1 Å². The van der Waals surface area contributed by atoms with Crippen LogP contribution in [0.5, 0.6) is 0 Å². The Morgan fingerprint density at radius 1 is 1.00 bits per heavy atom. The molecule has 1 atom stereocenters. The Morgan fingerprint density at radius 2 is 1.75 bits per heavy atom. The van der Waals surface area contributed by atoms with E-state index >= 15 is 0 Å². The standard InChI is InChI=1S/C19H14Cl2N2O/c1-12(24)23-17-6-3-2-5-16(17)22-10-4-7-18(22)19(23)14-9-8-13(20)11-15(14)21/h2-11,19H,1H3/t19-/m0/s1. The minimum atomic E-state index is -0.294. The molecule has 1 amide bonds. The van der Waals surface area contributed by atoms with Gasteiger partial charge >= 0.3 is 0 Å². The highest BCUT2D eigenvalue weighted by Crippen LogP contribution is 2.44. The molecule has 120 valence electrons. The zero-order valence-corrected chi connectivity index (χ0v) is 14.4. The first kappa shape index (κ1) is 15.3. The minimum Gasteiger partial charge on any atom is -0.316 e. The van der Waals surface area contributed by atoms with Crippen LogP contribution in [0.4, 0.5) is 5.69 Å². The molecular weight excluding hydrogens is 343 g/mol. The van der Waals surface area contributed by atoms with Crippen LogP contribution in [-0.2, 0) is 4.79 Å². The van der Waals surface area contributed by atoms with Crippen LogP contribution in [0, 0.1) is 0 Å². The number of amides is 1. The highest BCUT2D eigenvalue weighted by Gasteiger charge is 2.35. The van der Waals surface area contributed by atoms with Crippen molar-refractivity contribution in [2.24, 2.45) is 0 Å². The van der Waals surface area contributed by atoms with Gasteiger partial charge in [0, 0.05) is 23.2 Å². The fourth-order valence-electron chi connectivity index (χ4n) is 3.35. The van der Waals surface area contributed by atoms with Gasteiger partial charge in [-0.25, -0.2) is 0 Å². The first-order valence-electron chi connectivity index (χ1n) is 7.59. The molecule has 0 radical (unpaired) electrons. The number of benzene rings is 2. The highest BCUT2D eigenvalue weighted by molar-refractivity contribution is 6.35. The Kier molecular flexibility index (Phi) is 3.63. The van der Waals surface area contributed by atoms with E-state index in [1.54, 1.807) is 24.0 Å². The molecule has 0 fully saturated rings. The summed E-state index contributed by atoms with van der Waals surface area (Å²) in [5.41, 5.74) is 3.69. The lowest BCUT2D eigenvalue weighted by Gasteiger charge is -2.38. The average Bonchev–Trinajstić information content (AvgIpc) is 3.03. The fraction of sp³-hybridized carbons (Fsp3) is 0.105. The summed E-state index contributed by atoms with van der Waals surface area (Å²) in [4.78, 5) is 14.3. The summed E-state index contributed by atoms with van der Waals surface area (Å²) in [5.74, 6) is -0.0362. The Morgan fingerprint density at radius 3 is 2.46 bits per heavy atom. The Hall–Kier alpha value is -2.23. The third kappa shape index (κ3) is 2.24. The molecule has 2 aromatic carbocycles. The second kappa shape index (κ2) is 5.69. The third-order valence-corrected chi connectivity index (χ3v) is 4.88. The van der Waals surface area contributed by atoms with Gasteiger partial charge < -0.3 is 4.57 Å². The molecule has 0 aliphatic carbocycles. The molecule has 0 spiro atoms. The highest BCUT2D eigenvalue weighted by atomic mass is 35.5. The normalized spacial score (nSPS) is 15.8. The van der Waals surface area contributed by atoms with E-state index in [-0.39, 0.29) is 11.9 Å². The zero-order chi connectivity index (χ0) is 16.8. The predicted octanol–water partition coefficient (Wildman–Crippen LogP) is 5.24. The van der Waals surface area contributed by atoms with E-state index < -0.39 is 0 Å².